The topological polar surface area (TPSA) is 136 Å². The third-order valence-corrected chi connectivity index (χ3v) is 7.72. The smallest absolute Gasteiger partial charge is 0.415 e. The van der Waals surface area contributed by atoms with Crippen molar-refractivity contribution in [2.75, 3.05) is 13.2 Å². The average molecular weight is 553 g/mol. The number of halogens is 1. The van der Waals surface area contributed by atoms with Crippen molar-refractivity contribution in [1.29, 1.82) is 0 Å². The van der Waals surface area contributed by atoms with Crippen LogP contribution in [0.1, 0.15) is 16.7 Å². The SMILES string of the molecule is Cc1c(Cc2ccc(F)cc2)c(=O)oc2cc(OCCOc3no[n+]([O-])c3S(=O)(=O)c3ccccc3)ccc12. The maximum Gasteiger partial charge on any atom is 0.415 e. The number of nitrogens with zero attached hydrogens (tertiary/aromatic N) is 2. The molecule has 0 amide bonds. The lowest BCUT2D eigenvalue weighted by Gasteiger charge is -2.10. The van der Waals surface area contributed by atoms with Crippen molar-refractivity contribution >= 4 is 20.8 Å². The number of fused-ring (bicyclic) bond motifs is 1. The summed E-state index contributed by atoms with van der Waals surface area (Å²) in [5, 5.41) is 15.3. The Labute approximate surface area is 221 Å². The van der Waals surface area contributed by atoms with E-state index in [9.17, 15) is 22.8 Å². The van der Waals surface area contributed by atoms with Crippen LogP contribution in [-0.2, 0) is 16.3 Å². The van der Waals surface area contributed by atoms with E-state index in [0.717, 1.165) is 11.1 Å². The largest absolute Gasteiger partial charge is 0.490 e. The zero-order valence-corrected chi connectivity index (χ0v) is 21.3. The molecule has 2 heterocycles. The first kappa shape index (κ1) is 25.9. The Morgan fingerprint density at radius 1 is 1.00 bits per heavy atom. The standard InChI is InChI=1S/C27H21FN2O8S/c1-17-22-12-11-20(16-24(22)37-27(31)23(17)15-18-7-9-19(28)10-8-18)35-13-14-36-25-26(30(32)38-29-25)39(33,34)21-5-3-2-4-6-21/h2-12,16H,13-15H2,1H3. The van der Waals surface area contributed by atoms with Gasteiger partial charge in [-0.05, 0) is 59.4 Å². The third-order valence-electron chi connectivity index (χ3n) is 6.00. The van der Waals surface area contributed by atoms with Gasteiger partial charge in [0.05, 0.1) is 10.1 Å². The number of hydrogen-bond acceptors (Lipinski definition) is 9. The zero-order valence-electron chi connectivity index (χ0n) is 20.5. The lowest BCUT2D eigenvalue weighted by Crippen LogP contribution is -2.31. The van der Waals surface area contributed by atoms with Crippen molar-refractivity contribution in [3.05, 3.63) is 111 Å². The molecule has 0 N–H and O–H groups in total. The quantitative estimate of drug-likeness (QED) is 0.152. The second kappa shape index (κ2) is 10.6. The van der Waals surface area contributed by atoms with E-state index in [1.54, 1.807) is 36.4 Å². The number of sulfone groups is 1. The Balaban J connectivity index is 1.27. The summed E-state index contributed by atoms with van der Waals surface area (Å²) in [6, 6.07) is 18.2. The monoisotopic (exact) mass is 552 g/mol. The molecule has 39 heavy (non-hydrogen) atoms. The number of rotatable bonds is 9. The van der Waals surface area contributed by atoms with Crippen LogP contribution < -0.4 is 20.0 Å². The summed E-state index contributed by atoms with van der Waals surface area (Å²) in [6.07, 6.45) is 0.299. The summed E-state index contributed by atoms with van der Waals surface area (Å²) in [5.74, 6) is -0.478. The van der Waals surface area contributed by atoms with Gasteiger partial charge in [0, 0.05) is 23.4 Å². The molecule has 10 nitrogen and oxygen atoms in total. The van der Waals surface area contributed by atoms with E-state index in [1.807, 2.05) is 6.92 Å². The Kier molecular flexibility index (Phi) is 7.03. The third kappa shape index (κ3) is 5.32. The van der Waals surface area contributed by atoms with E-state index in [-0.39, 0.29) is 28.8 Å². The summed E-state index contributed by atoms with van der Waals surface area (Å²) >= 11 is 0. The molecule has 0 unspecified atom stereocenters. The molecular weight excluding hydrogens is 531 g/mol. The van der Waals surface area contributed by atoms with Gasteiger partial charge in [-0.25, -0.2) is 17.6 Å². The molecule has 12 heteroatoms. The number of benzene rings is 3. The van der Waals surface area contributed by atoms with Gasteiger partial charge in [0.15, 0.2) is 0 Å². The van der Waals surface area contributed by atoms with Gasteiger partial charge in [-0.1, -0.05) is 30.3 Å². The maximum absolute atomic E-state index is 13.2. The van der Waals surface area contributed by atoms with Crippen LogP contribution in [0.4, 0.5) is 4.39 Å². The molecule has 0 fully saturated rings. The van der Waals surface area contributed by atoms with Crippen LogP contribution in [0.2, 0.25) is 0 Å². The molecule has 0 saturated heterocycles. The van der Waals surface area contributed by atoms with E-state index in [0.29, 0.717) is 28.7 Å². The molecule has 0 saturated carbocycles. The summed E-state index contributed by atoms with van der Waals surface area (Å²) in [4.78, 5) is 12.3. The van der Waals surface area contributed by atoms with Crippen molar-refractivity contribution in [1.82, 2.24) is 5.16 Å². The fourth-order valence-corrected chi connectivity index (χ4v) is 5.31. The molecule has 2 aromatic heterocycles. The molecule has 200 valence electrons. The Morgan fingerprint density at radius 3 is 2.46 bits per heavy atom. The summed E-state index contributed by atoms with van der Waals surface area (Å²) < 4.78 is 59.9. The van der Waals surface area contributed by atoms with Crippen molar-refractivity contribution in [2.45, 2.75) is 23.3 Å². The van der Waals surface area contributed by atoms with Gasteiger partial charge in [0.2, 0.25) is 0 Å². The minimum atomic E-state index is -4.23. The van der Waals surface area contributed by atoms with Crippen LogP contribution in [0.25, 0.3) is 11.0 Å². The highest BCUT2D eigenvalue weighted by Crippen LogP contribution is 2.27. The van der Waals surface area contributed by atoms with Crippen LogP contribution in [-0.4, -0.2) is 26.8 Å². The molecule has 0 bridgehead atoms. The highest BCUT2D eigenvalue weighted by molar-refractivity contribution is 7.91. The zero-order chi connectivity index (χ0) is 27.6. The number of aryl methyl sites for hydroxylation is 1. The second-order valence-electron chi connectivity index (χ2n) is 8.51. The Bertz CT molecular complexity index is 1800. The first-order valence-electron chi connectivity index (χ1n) is 11.7. The van der Waals surface area contributed by atoms with Gasteiger partial charge < -0.3 is 19.1 Å². The fourth-order valence-electron chi connectivity index (χ4n) is 4.01. The lowest BCUT2D eigenvalue weighted by molar-refractivity contribution is -0.832. The fraction of sp³-hybridized carbons (Fsp3) is 0.148. The maximum atomic E-state index is 13.2. The molecule has 3 aromatic carbocycles. The molecule has 0 atom stereocenters. The number of ether oxygens (including phenoxy) is 2. The van der Waals surface area contributed by atoms with Crippen molar-refractivity contribution in [3.63, 3.8) is 0 Å². The van der Waals surface area contributed by atoms with Crippen LogP contribution in [0.3, 0.4) is 0 Å². The van der Waals surface area contributed by atoms with Crippen LogP contribution >= 0.6 is 0 Å². The molecule has 0 radical (unpaired) electrons. The minimum absolute atomic E-state index is 0.0477. The number of hydrogen-bond donors (Lipinski definition) is 0. The van der Waals surface area contributed by atoms with Gasteiger partial charge in [-0.2, -0.15) is 0 Å². The molecule has 5 rings (SSSR count). The van der Waals surface area contributed by atoms with Gasteiger partial charge in [0.25, 0.3) is 9.84 Å². The first-order chi connectivity index (χ1) is 18.7. The van der Waals surface area contributed by atoms with Gasteiger partial charge in [0.1, 0.15) is 30.4 Å². The van der Waals surface area contributed by atoms with E-state index >= 15 is 0 Å². The average Bonchev–Trinajstić information content (AvgIpc) is 3.31. The van der Waals surface area contributed by atoms with Gasteiger partial charge >= 0.3 is 16.5 Å². The summed E-state index contributed by atoms with van der Waals surface area (Å²) in [6.45, 7) is 1.60. The molecule has 0 aliphatic rings. The van der Waals surface area contributed by atoms with Gasteiger partial charge in [-0.15, -0.1) is 0 Å². The van der Waals surface area contributed by atoms with Crippen LogP contribution in [0.15, 0.2) is 96.6 Å². The lowest BCUT2D eigenvalue weighted by atomic mass is 9.99. The first-order valence-corrected chi connectivity index (χ1v) is 13.2. The highest BCUT2D eigenvalue weighted by Gasteiger charge is 2.35. The predicted molar refractivity (Wildman–Crippen MR) is 135 cm³/mol. The molecule has 0 spiro atoms. The molecule has 0 aliphatic carbocycles. The van der Waals surface area contributed by atoms with E-state index in [4.69, 9.17) is 13.9 Å². The Hall–Kier alpha value is -4.71. The van der Waals surface area contributed by atoms with Crippen molar-refractivity contribution in [3.8, 4) is 11.6 Å². The van der Waals surface area contributed by atoms with E-state index in [2.05, 4.69) is 9.79 Å². The minimum Gasteiger partial charge on any atom is -0.490 e. The van der Waals surface area contributed by atoms with E-state index < -0.39 is 26.4 Å². The highest BCUT2D eigenvalue weighted by atomic mass is 32.2. The summed E-state index contributed by atoms with van der Waals surface area (Å²) in [5.41, 5.74) is 1.80. The number of aromatic nitrogens is 2. The predicted octanol–water partition coefficient (Wildman–Crippen LogP) is 3.74. The summed E-state index contributed by atoms with van der Waals surface area (Å²) in [7, 11) is -4.23. The second-order valence-corrected chi connectivity index (χ2v) is 10.4. The molecular formula is C27H21FN2O8S. The van der Waals surface area contributed by atoms with Crippen molar-refractivity contribution in [2.24, 2.45) is 0 Å². The normalized spacial score (nSPS) is 11.5. The Morgan fingerprint density at radius 2 is 1.72 bits per heavy atom. The van der Waals surface area contributed by atoms with Crippen LogP contribution in [0, 0.1) is 17.9 Å². The van der Waals surface area contributed by atoms with Crippen LogP contribution in [0.5, 0.6) is 11.6 Å². The van der Waals surface area contributed by atoms with E-state index in [1.165, 1.54) is 36.4 Å². The molecule has 5 aromatic rings. The molecule has 0 aliphatic heterocycles. The van der Waals surface area contributed by atoms with Gasteiger partial charge in [-0.3, -0.25) is 4.63 Å². The van der Waals surface area contributed by atoms with Crippen molar-refractivity contribution < 1.29 is 36.2 Å².